The quantitative estimate of drug-likeness (QED) is 0.559. The van der Waals surface area contributed by atoms with Crippen LogP contribution in [-0.2, 0) is 14.8 Å². The number of hydrogen-bond acceptors (Lipinski definition) is 5. The average Bonchev–Trinajstić information content (AvgIpc) is 2.61. The molecule has 0 aliphatic rings. The van der Waals surface area contributed by atoms with Gasteiger partial charge in [-0.1, -0.05) is 18.2 Å². The Kier molecular flexibility index (Phi) is 6.34. The predicted octanol–water partition coefficient (Wildman–Crippen LogP) is 2.77. The molecule has 2 atom stereocenters. The van der Waals surface area contributed by atoms with Gasteiger partial charge in [0.25, 0.3) is 5.69 Å². The van der Waals surface area contributed by atoms with Gasteiger partial charge in [-0.3, -0.25) is 19.2 Å². The average molecular weight is 409 g/mol. The van der Waals surface area contributed by atoms with E-state index in [0.29, 0.717) is 5.56 Å². The van der Waals surface area contributed by atoms with Gasteiger partial charge in [0.05, 0.1) is 22.9 Å². The second-order valence-corrected chi connectivity index (χ2v) is 8.15. The summed E-state index contributed by atoms with van der Waals surface area (Å²) in [4.78, 5) is 23.0. The highest BCUT2D eigenvalue weighted by atomic mass is 32.2. The molecule has 0 aliphatic heterocycles. The lowest BCUT2D eigenvalue weighted by molar-refractivity contribution is -0.384. The minimum absolute atomic E-state index is 0.00813. The number of halogens is 1. The highest BCUT2D eigenvalue weighted by Gasteiger charge is 2.30. The molecule has 0 heterocycles. The Hall–Kier alpha value is -3.01. The maximum absolute atomic E-state index is 13.0. The summed E-state index contributed by atoms with van der Waals surface area (Å²) < 4.78 is 38.4. The number of nitrogens with one attached hydrogen (secondary N) is 1. The first kappa shape index (κ1) is 21.3. The van der Waals surface area contributed by atoms with Crippen LogP contribution in [0.15, 0.2) is 48.5 Å². The van der Waals surface area contributed by atoms with Gasteiger partial charge in [0.15, 0.2) is 0 Å². The van der Waals surface area contributed by atoms with Crippen molar-refractivity contribution in [1.82, 2.24) is 5.32 Å². The largest absolute Gasteiger partial charge is 0.348 e. The van der Waals surface area contributed by atoms with Crippen molar-refractivity contribution in [3.05, 3.63) is 70.0 Å². The molecule has 0 unspecified atom stereocenters. The van der Waals surface area contributed by atoms with Crippen LogP contribution in [0, 0.1) is 15.9 Å². The van der Waals surface area contributed by atoms with Gasteiger partial charge in [0.1, 0.15) is 11.9 Å². The number of nitro benzene ring substituents is 1. The van der Waals surface area contributed by atoms with Crippen molar-refractivity contribution in [2.24, 2.45) is 0 Å². The smallest absolute Gasteiger partial charge is 0.271 e. The number of non-ortho nitro benzene ring substituents is 1. The molecule has 0 saturated carbocycles. The van der Waals surface area contributed by atoms with Gasteiger partial charge in [-0.25, -0.2) is 12.8 Å². The molecule has 1 N–H and O–H groups in total. The van der Waals surface area contributed by atoms with Gasteiger partial charge in [0, 0.05) is 12.1 Å². The Labute approximate surface area is 162 Å². The Bertz CT molecular complexity index is 979. The van der Waals surface area contributed by atoms with Crippen LogP contribution in [0.3, 0.4) is 0 Å². The van der Waals surface area contributed by atoms with Gasteiger partial charge in [-0.15, -0.1) is 0 Å². The number of anilines is 1. The summed E-state index contributed by atoms with van der Waals surface area (Å²) in [6.07, 6.45) is 0.916. The highest BCUT2D eigenvalue weighted by Crippen LogP contribution is 2.25. The van der Waals surface area contributed by atoms with E-state index in [1.807, 2.05) is 0 Å². The van der Waals surface area contributed by atoms with E-state index in [9.17, 15) is 27.7 Å². The highest BCUT2D eigenvalue weighted by molar-refractivity contribution is 7.92. The zero-order valence-electron chi connectivity index (χ0n) is 15.5. The van der Waals surface area contributed by atoms with Crippen LogP contribution >= 0.6 is 0 Å². The minimum Gasteiger partial charge on any atom is -0.348 e. The van der Waals surface area contributed by atoms with E-state index in [1.54, 1.807) is 6.92 Å². The SMILES string of the molecule is C[C@H](C(=O)N[C@H](C)c1ccc(F)cc1)N(c1cccc([N+](=O)[O-])c1)S(C)(=O)=O. The number of carbonyl (C=O) groups excluding carboxylic acids is 1. The van der Waals surface area contributed by atoms with Crippen LogP contribution in [0.4, 0.5) is 15.8 Å². The lowest BCUT2D eigenvalue weighted by Gasteiger charge is -2.29. The van der Waals surface area contributed by atoms with E-state index in [4.69, 9.17) is 0 Å². The van der Waals surface area contributed by atoms with E-state index in [2.05, 4.69) is 5.32 Å². The second kappa shape index (κ2) is 8.34. The molecule has 0 aromatic heterocycles. The Morgan fingerprint density at radius 2 is 1.79 bits per heavy atom. The predicted molar refractivity (Wildman–Crippen MR) is 103 cm³/mol. The summed E-state index contributed by atoms with van der Waals surface area (Å²) in [5.41, 5.74) is 0.357. The van der Waals surface area contributed by atoms with Gasteiger partial charge in [-0.05, 0) is 37.6 Å². The number of hydrogen-bond donors (Lipinski definition) is 1. The molecule has 10 heteroatoms. The monoisotopic (exact) mass is 409 g/mol. The molecule has 0 bridgehead atoms. The number of sulfonamides is 1. The molecule has 2 aromatic carbocycles. The molecular weight excluding hydrogens is 389 g/mol. The van der Waals surface area contributed by atoms with Crippen LogP contribution in [0.5, 0.6) is 0 Å². The van der Waals surface area contributed by atoms with Crippen molar-refractivity contribution in [1.29, 1.82) is 0 Å². The lowest BCUT2D eigenvalue weighted by Crippen LogP contribution is -2.48. The van der Waals surface area contributed by atoms with Gasteiger partial charge >= 0.3 is 0 Å². The standard InChI is InChI=1S/C18H20FN3O5S/c1-12(14-7-9-15(19)10-8-14)20-18(23)13(2)21(28(3,26)27)16-5-4-6-17(11-16)22(24)25/h4-13H,1-3H3,(H,20,23)/t12-,13-/m1/s1. The van der Waals surface area contributed by atoms with Crippen LogP contribution in [-0.4, -0.2) is 31.5 Å². The number of carbonyl (C=O) groups is 1. The summed E-state index contributed by atoms with van der Waals surface area (Å²) in [5.74, 6) is -1.02. The van der Waals surface area contributed by atoms with E-state index in [-0.39, 0.29) is 11.4 Å². The van der Waals surface area contributed by atoms with Crippen LogP contribution in [0.1, 0.15) is 25.5 Å². The van der Waals surface area contributed by atoms with Crippen LogP contribution in [0.2, 0.25) is 0 Å². The van der Waals surface area contributed by atoms with Crippen molar-refractivity contribution in [2.45, 2.75) is 25.9 Å². The maximum Gasteiger partial charge on any atom is 0.271 e. The molecule has 28 heavy (non-hydrogen) atoms. The maximum atomic E-state index is 13.0. The van der Waals surface area contributed by atoms with Crippen LogP contribution < -0.4 is 9.62 Å². The minimum atomic E-state index is -3.91. The topological polar surface area (TPSA) is 110 Å². The number of benzene rings is 2. The van der Waals surface area contributed by atoms with Gasteiger partial charge < -0.3 is 5.32 Å². The Morgan fingerprint density at radius 3 is 2.32 bits per heavy atom. The van der Waals surface area contributed by atoms with Crippen molar-refractivity contribution in [3.63, 3.8) is 0 Å². The van der Waals surface area contributed by atoms with E-state index < -0.39 is 38.8 Å². The fourth-order valence-corrected chi connectivity index (χ4v) is 3.89. The third-order valence-electron chi connectivity index (χ3n) is 4.11. The summed E-state index contributed by atoms with van der Waals surface area (Å²) in [6, 6.07) is 8.92. The van der Waals surface area contributed by atoms with E-state index >= 15 is 0 Å². The van der Waals surface area contributed by atoms with Crippen molar-refractivity contribution in [3.8, 4) is 0 Å². The van der Waals surface area contributed by atoms with Gasteiger partial charge in [-0.2, -0.15) is 0 Å². The van der Waals surface area contributed by atoms with E-state index in [0.717, 1.165) is 16.6 Å². The van der Waals surface area contributed by atoms with Crippen LogP contribution in [0.25, 0.3) is 0 Å². The fourth-order valence-electron chi connectivity index (χ4n) is 2.72. The van der Waals surface area contributed by atoms with Crippen molar-refractivity contribution < 1.29 is 22.5 Å². The second-order valence-electron chi connectivity index (χ2n) is 6.29. The van der Waals surface area contributed by atoms with E-state index in [1.165, 1.54) is 49.4 Å². The number of nitrogens with zero attached hydrogens (tertiary/aromatic N) is 2. The van der Waals surface area contributed by atoms with Crippen molar-refractivity contribution in [2.75, 3.05) is 10.6 Å². The lowest BCUT2D eigenvalue weighted by atomic mass is 10.1. The zero-order valence-corrected chi connectivity index (χ0v) is 16.3. The molecule has 8 nitrogen and oxygen atoms in total. The summed E-state index contributed by atoms with van der Waals surface area (Å²) in [7, 11) is -3.91. The molecule has 0 aliphatic carbocycles. The molecule has 0 fully saturated rings. The first-order valence-corrected chi connectivity index (χ1v) is 10.1. The number of nitro groups is 1. The summed E-state index contributed by atoms with van der Waals surface area (Å²) in [6.45, 7) is 3.06. The normalized spacial score (nSPS) is 13.4. The molecule has 2 aromatic rings. The molecule has 0 saturated heterocycles. The molecular formula is C18H20FN3O5S. The first-order valence-electron chi connectivity index (χ1n) is 8.30. The Balaban J connectivity index is 2.29. The number of rotatable bonds is 7. The molecule has 150 valence electrons. The number of amides is 1. The zero-order chi connectivity index (χ0) is 21.1. The molecule has 1 amide bonds. The molecule has 2 rings (SSSR count). The third-order valence-corrected chi connectivity index (χ3v) is 5.35. The van der Waals surface area contributed by atoms with Gasteiger partial charge in [0.2, 0.25) is 15.9 Å². The Morgan fingerprint density at radius 1 is 1.18 bits per heavy atom. The summed E-state index contributed by atoms with van der Waals surface area (Å²) >= 11 is 0. The fraction of sp³-hybridized carbons (Fsp3) is 0.278. The molecule has 0 radical (unpaired) electrons. The molecule has 0 spiro atoms. The summed E-state index contributed by atoms with van der Waals surface area (Å²) in [5, 5.41) is 13.7. The third kappa shape index (κ3) is 5.03. The van der Waals surface area contributed by atoms with Crippen molar-refractivity contribution >= 4 is 27.3 Å². The first-order chi connectivity index (χ1) is 13.0.